The van der Waals surface area contributed by atoms with Gasteiger partial charge in [-0.05, 0) is 55.7 Å². The molecular weight excluding hydrogens is 449 g/mol. The molecule has 1 saturated heterocycles. The normalized spacial score (nSPS) is 14.7. The molecule has 3 rings (SSSR count). The molecule has 0 aliphatic carbocycles. The van der Waals surface area contributed by atoms with E-state index in [0.29, 0.717) is 18.8 Å². The van der Waals surface area contributed by atoms with E-state index in [4.69, 9.17) is 4.74 Å². The van der Waals surface area contributed by atoms with Gasteiger partial charge in [0.25, 0.3) is 10.0 Å². The zero-order valence-electron chi connectivity index (χ0n) is 17.5. The Kier molecular flexibility index (Phi) is 6.87. The van der Waals surface area contributed by atoms with Gasteiger partial charge in [0.1, 0.15) is 10.6 Å². The highest BCUT2D eigenvalue weighted by molar-refractivity contribution is 7.92. The molecule has 0 amide bonds. The number of piperidine rings is 1. The smallest absolute Gasteiger partial charge is 0.416 e. The summed E-state index contributed by atoms with van der Waals surface area (Å²) in [6.45, 7) is 1.20. The SMILES string of the molecule is COC(=O)c1ccc(OC)c(S(=O)(=O)Nc2cc(C(F)(F)F)ccc2N2CCCCC2)c1. The summed E-state index contributed by atoms with van der Waals surface area (Å²) in [7, 11) is -2.03. The van der Waals surface area contributed by atoms with Crippen molar-refractivity contribution in [2.24, 2.45) is 0 Å². The van der Waals surface area contributed by atoms with Crippen molar-refractivity contribution in [1.29, 1.82) is 0 Å². The van der Waals surface area contributed by atoms with Crippen molar-refractivity contribution in [3.05, 3.63) is 47.5 Å². The number of carbonyl (C=O) groups excluding carboxylic acids is 1. The van der Waals surface area contributed by atoms with Crippen LogP contribution in [0.5, 0.6) is 5.75 Å². The number of anilines is 2. The van der Waals surface area contributed by atoms with Gasteiger partial charge in [-0.15, -0.1) is 0 Å². The van der Waals surface area contributed by atoms with Crippen LogP contribution in [0.1, 0.15) is 35.2 Å². The maximum Gasteiger partial charge on any atom is 0.416 e. The van der Waals surface area contributed by atoms with Crippen molar-refractivity contribution >= 4 is 27.4 Å². The lowest BCUT2D eigenvalue weighted by Crippen LogP contribution is -2.30. The van der Waals surface area contributed by atoms with Gasteiger partial charge in [0.05, 0.1) is 36.7 Å². The number of ether oxygens (including phenoxy) is 2. The molecule has 7 nitrogen and oxygen atoms in total. The highest BCUT2D eigenvalue weighted by Gasteiger charge is 2.33. The van der Waals surface area contributed by atoms with E-state index in [1.165, 1.54) is 25.3 Å². The summed E-state index contributed by atoms with van der Waals surface area (Å²) in [4.78, 5) is 13.3. The Morgan fingerprint density at radius 3 is 2.31 bits per heavy atom. The Labute approximate surface area is 184 Å². The first-order valence-corrected chi connectivity index (χ1v) is 11.3. The quantitative estimate of drug-likeness (QED) is 0.632. The van der Waals surface area contributed by atoms with Crippen LogP contribution in [-0.4, -0.2) is 41.7 Å². The van der Waals surface area contributed by atoms with E-state index in [1.54, 1.807) is 0 Å². The first-order chi connectivity index (χ1) is 15.1. The molecule has 2 aromatic carbocycles. The Balaban J connectivity index is 2.08. The molecular formula is C21H23F3N2O5S. The fraction of sp³-hybridized carbons (Fsp3) is 0.381. The van der Waals surface area contributed by atoms with E-state index in [2.05, 4.69) is 9.46 Å². The Morgan fingerprint density at radius 2 is 1.72 bits per heavy atom. The average Bonchev–Trinajstić information content (AvgIpc) is 2.77. The molecule has 0 aromatic heterocycles. The number of esters is 1. The maximum absolute atomic E-state index is 13.3. The third kappa shape index (κ3) is 5.09. The summed E-state index contributed by atoms with van der Waals surface area (Å²) in [5, 5.41) is 0. The summed E-state index contributed by atoms with van der Waals surface area (Å²) in [5.74, 6) is -0.839. The molecule has 0 atom stereocenters. The van der Waals surface area contributed by atoms with Crippen molar-refractivity contribution in [3.63, 3.8) is 0 Å². The van der Waals surface area contributed by atoms with Crippen LogP contribution in [-0.2, 0) is 20.9 Å². The summed E-state index contributed by atoms with van der Waals surface area (Å²) >= 11 is 0. The number of nitrogens with zero attached hydrogens (tertiary/aromatic N) is 1. The molecule has 0 radical (unpaired) electrons. The first-order valence-electron chi connectivity index (χ1n) is 9.82. The standard InChI is InChI=1S/C21H23F3N2O5S/c1-30-18-9-6-14(20(27)31-2)12-19(18)32(28,29)25-16-13-15(21(22,23)24)7-8-17(16)26-10-4-3-5-11-26/h6-9,12-13,25H,3-5,10-11H2,1-2H3. The average molecular weight is 472 g/mol. The van der Waals surface area contributed by atoms with Gasteiger partial charge in [0.2, 0.25) is 0 Å². The molecule has 32 heavy (non-hydrogen) atoms. The second-order valence-corrected chi connectivity index (χ2v) is 8.89. The number of hydrogen-bond donors (Lipinski definition) is 1. The zero-order valence-corrected chi connectivity index (χ0v) is 18.3. The largest absolute Gasteiger partial charge is 0.495 e. The van der Waals surface area contributed by atoms with E-state index >= 15 is 0 Å². The highest BCUT2D eigenvalue weighted by atomic mass is 32.2. The van der Waals surface area contributed by atoms with Crippen LogP contribution >= 0.6 is 0 Å². The zero-order chi connectivity index (χ0) is 23.5. The predicted molar refractivity (Wildman–Crippen MR) is 113 cm³/mol. The van der Waals surface area contributed by atoms with Gasteiger partial charge in [-0.1, -0.05) is 0 Å². The fourth-order valence-electron chi connectivity index (χ4n) is 3.54. The second-order valence-electron chi connectivity index (χ2n) is 7.24. The summed E-state index contributed by atoms with van der Waals surface area (Å²) in [5.41, 5.74) is -0.878. The van der Waals surface area contributed by atoms with Gasteiger partial charge >= 0.3 is 12.1 Å². The Bertz CT molecular complexity index is 1100. The highest BCUT2D eigenvalue weighted by Crippen LogP contribution is 2.38. The van der Waals surface area contributed by atoms with Crippen LogP contribution in [0, 0.1) is 0 Å². The molecule has 1 fully saturated rings. The number of hydrogen-bond acceptors (Lipinski definition) is 6. The minimum Gasteiger partial charge on any atom is -0.495 e. The molecule has 0 saturated carbocycles. The Morgan fingerprint density at radius 1 is 1.03 bits per heavy atom. The number of nitrogens with one attached hydrogen (secondary N) is 1. The van der Waals surface area contributed by atoms with Gasteiger partial charge in [-0.25, -0.2) is 13.2 Å². The van der Waals surface area contributed by atoms with Crippen LogP contribution in [0.4, 0.5) is 24.5 Å². The van der Waals surface area contributed by atoms with Gasteiger partial charge in [-0.2, -0.15) is 13.2 Å². The number of alkyl halides is 3. The number of methoxy groups -OCH3 is 2. The summed E-state index contributed by atoms with van der Waals surface area (Å²) in [6.07, 6.45) is -1.96. The topological polar surface area (TPSA) is 84.9 Å². The van der Waals surface area contributed by atoms with E-state index in [1.807, 2.05) is 4.90 Å². The number of benzene rings is 2. The molecule has 0 unspecified atom stereocenters. The van der Waals surface area contributed by atoms with Crippen molar-refractivity contribution in [3.8, 4) is 5.75 Å². The van der Waals surface area contributed by atoms with Crippen molar-refractivity contribution in [2.75, 3.05) is 36.9 Å². The molecule has 1 N–H and O–H groups in total. The molecule has 174 valence electrons. The third-order valence-corrected chi connectivity index (χ3v) is 6.53. The maximum atomic E-state index is 13.3. The van der Waals surface area contributed by atoms with Gasteiger partial charge in [-0.3, -0.25) is 4.72 Å². The van der Waals surface area contributed by atoms with Gasteiger partial charge in [0, 0.05) is 13.1 Å². The van der Waals surface area contributed by atoms with Crippen molar-refractivity contribution < 1.29 is 35.9 Å². The lowest BCUT2D eigenvalue weighted by atomic mass is 10.1. The number of halogens is 3. The lowest BCUT2D eigenvalue weighted by Gasteiger charge is -2.31. The number of sulfonamides is 1. The summed E-state index contributed by atoms with van der Waals surface area (Å²) < 4.78 is 78.4. The number of carbonyl (C=O) groups is 1. The minimum atomic E-state index is -4.65. The van der Waals surface area contributed by atoms with E-state index in [9.17, 15) is 26.4 Å². The van der Waals surface area contributed by atoms with Crippen molar-refractivity contribution in [1.82, 2.24) is 0 Å². The van der Waals surface area contributed by atoms with E-state index in [0.717, 1.165) is 44.6 Å². The first kappa shape index (κ1) is 23.7. The summed E-state index contributed by atoms with van der Waals surface area (Å²) in [6, 6.07) is 6.64. The molecule has 11 heteroatoms. The monoisotopic (exact) mass is 472 g/mol. The molecule has 1 aliphatic rings. The predicted octanol–water partition coefficient (Wildman–Crippen LogP) is 4.29. The van der Waals surface area contributed by atoms with Crippen LogP contribution in [0.3, 0.4) is 0 Å². The van der Waals surface area contributed by atoms with Crippen LogP contribution < -0.4 is 14.4 Å². The fourth-order valence-corrected chi connectivity index (χ4v) is 4.80. The number of rotatable bonds is 6. The van der Waals surface area contributed by atoms with E-state index in [-0.39, 0.29) is 17.0 Å². The van der Waals surface area contributed by atoms with Crippen LogP contribution in [0.15, 0.2) is 41.3 Å². The Hall–Kier alpha value is -2.95. The lowest BCUT2D eigenvalue weighted by molar-refractivity contribution is -0.137. The second kappa shape index (κ2) is 9.27. The molecule has 2 aromatic rings. The van der Waals surface area contributed by atoms with Crippen LogP contribution in [0.25, 0.3) is 0 Å². The van der Waals surface area contributed by atoms with Gasteiger partial charge in [0.15, 0.2) is 0 Å². The third-order valence-electron chi connectivity index (χ3n) is 5.14. The van der Waals surface area contributed by atoms with Crippen LogP contribution in [0.2, 0.25) is 0 Å². The molecule has 0 spiro atoms. The van der Waals surface area contributed by atoms with Crippen molar-refractivity contribution in [2.45, 2.75) is 30.3 Å². The van der Waals surface area contributed by atoms with Gasteiger partial charge < -0.3 is 14.4 Å². The molecule has 1 heterocycles. The van der Waals surface area contributed by atoms with E-state index < -0.39 is 32.6 Å². The minimum absolute atomic E-state index is 0.0472. The molecule has 0 bridgehead atoms. The molecule has 1 aliphatic heterocycles.